The SMILES string of the molecule is C=C/C(F)=C(/OC)C(F)(F)F. The Bertz CT molecular complexity index is 180. The first-order valence-electron chi connectivity index (χ1n) is 2.57. The van der Waals surface area contributed by atoms with Crippen molar-refractivity contribution >= 4 is 0 Å². The molecule has 0 saturated heterocycles. The van der Waals surface area contributed by atoms with Gasteiger partial charge in [-0.1, -0.05) is 6.58 Å². The summed E-state index contributed by atoms with van der Waals surface area (Å²) >= 11 is 0. The lowest BCUT2D eigenvalue weighted by atomic mass is 10.4. The van der Waals surface area contributed by atoms with E-state index in [4.69, 9.17) is 0 Å². The maximum absolute atomic E-state index is 12.2. The third-order valence-electron chi connectivity index (χ3n) is 0.858. The van der Waals surface area contributed by atoms with Gasteiger partial charge in [-0.3, -0.25) is 0 Å². The first-order valence-corrected chi connectivity index (χ1v) is 2.57. The fourth-order valence-electron chi connectivity index (χ4n) is 0.441. The molecule has 1 nitrogen and oxygen atoms in total. The van der Waals surface area contributed by atoms with Crippen LogP contribution in [0.4, 0.5) is 17.6 Å². The highest BCUT2D eigenvalue weighted by molar-refractivity contribution is 5.16. The van der Waals surface area contributed by atoms with E-state index in [2.05, 4.69) is 11.3 Å². The van der Waals surface area contributed by atoms with Gasteiger partial charge in [-0.05, 0) is 6.08 Å². The van der Waals surface area contributed by atoms with E-state index in [1.165, 1.54) is 0 Å². The molecule has 0 aromatic heterocycles. The number of rotatable bonds is 2. The molecule has 0 heterocycles. The Morgan fingerprint density at radius 3 is 2.00 bits per heavy atom. The van der Waals surface area contributed by atoms with Crippen molar-refractivity contribution in [3.05, 3.63) is 24.2 Å². The molecular formula is C6H6F4O. The number of allylic oxidation sites excluding steroid dienone is 3. The molecule has 0 amide bonds. The topological polar surface area (TPSA) is 9.23 Å². The molecule has 0 unspecified atom stereocenters. The third-order valence-corrected chi connectivity index (χ3v) is 0.858. The van der Waals surface area contributed by atoms with Gasteiger partial charge in [0.25, 0.3) is 0 Å². The van der Waals surface area contributed by atoms with Crippen LogP contribution in [0.5, 0.6) is 0 Å². The number of alkyl halides is 3. The Morgan fingerprint density at radius 2 is 1.91 bits per heavy atom. The monoisotopic (exact) mass is 170 g/mol. The second-order valence-corrected chi connectivity index (χ2v) is 1.58. The highest BCUT2D eigenvalue weighted by atomic mass is 19.4. The molecule has 0 aromatic rings. The third kappa shape index (κ3) is 2.61. The Balaban J connectivity index is 4.80. The lowest BCUT2D eigenvalue weighted by molar-refractivity contribution is -0.128. The van der Waals surface area contributed by atoms with Crippen molar-refractivity contribution < 1.29 is 22.3 Å². The predicted molar refractivity (Wildman–Crippen MR) is 31.4 cm³/mol. The zero-order chi connectivity index (χ0) is 9.07. The maximum atomic E-state index is 12.2. The van der Waals surface area contributed by atoms with Crippen LogP contribution in [0.3, 0.4) is 0 Å². The summed E-state index contributed by atoms with van der Waals surface area (Å²) in [5, 5.41) is 0. The van der Waals surface area contributed by atoms with E-state index in [9.17, 15) is 17.6 Å². The molecule has 64 valence electrons. The van der Waals surface area contributed by atoms with E-state index in [0.29, 0.717) is 6.08 Å². The summed E-state index contributed by atoms with van der Waals surface area (Å²) < 4.78 is 51.0. The molecule has 11 heavy (non-hydrogen) atoms. The van der Waals surface area contributed by atoms with Gasteiger partial charge in [0.05, 0.1) is 7.11 Å². The first-order chi connectivity index (χ1) is 4.93. The van der Waals surface area contributed by atoms with Crippen molar-refractivity contribution in [2.45, 2.75) is 6.18 Å². The molecular weight excluding hydrogens is 164 g/mol. The molecule has 0 aliphatic heterocycles. The number of hydrogen-bond donors (Lipinski definition) is 0. The van der Waals surface area contributed by atoms with E-state index in [1.807, 2.05) is 0 Å². The van der Waals surface area contributed by atoms with Gasteiger partial charge in [-0.15, -0.1) is 0 Å². The molecule has 0 aliphatic carbocycles. The van der Waals surface area contributed by atoms with Crippen molar-refractivity contribution in [2.24, 2.45) is 0 Å². The minimum Gasteiger partial charge on any atom is -0.490 e. The molecule has 0 saturated carbocycles. The van der Waals surface area contributed by atoms with Gasteiger partial charge < -0.3 is 4.74 Å². The molecule has 0 aliphatic rings. The normalized spacial score (nSPS) is 13.9. The Kier molecular flexibility index (Phi) is 3.10. The van der Waals surface area contributed by atoms with Crippen molar-refractivity contribution in [3.63, 3.8) is 0 Å². The second kappa shape index (κ2) is 3.41. The van der Waals surface area contributed by atoms with Gasteiger partial charge in [0.1, 0.15) is 0 Å². The van der Waals surface area contributed by atoms with Crippen LogP contribution < -0.4 is 0 Å². The van der Waals surface area contributed by atoms with Crippen LogP contribution in [0, 0.1) is 0 Å². The average Bonchev–Trinajstić information content (AvgIpc) is 1.86. The standard InChI is InChI=1S/C6H6F4O/c1-3-4(7)5(11-2)6(8,9)10/h3H,1H2,2H3/b5-4-. The molecule has 0 spiro atoms. The van der Waals surface area contributed by atoms with E-state index in [1.54, 1.807) is 0 Å². The van der Waals surface area contributed by atoms with Gasteiger partial charge in [0.15, 0.2) is 5.83 Å². The lowest BCUT2D eigenvalue weighted by Gasteiger charge is -2.09. The number of hydrogen-bond acceptors (Lipinski definition) is 1. The smallest absolute Gasteiger partial charge is 0.452 e. The van der Waals surface area contributed by atoms with Crippen LogP contribution in [0.25, 0.3) is 0 Å². The van der Waals surface area contributed by atoms with Crippen LogP contribution in [0.1, 0.15) is 0 Å². The predicted octanol–water partition coefficient (Wildman–Crippen LogP) is 2.56. The Hall–Kier alpha value is -1.00. The van der Waals surface area contributed by atoms with E-state index >= 15 is 0 Å². The summed E-state index contributed by atoms with van der Waals surface area (Å²) in [6, 6.07) is 0. The van der Waals surface area contributed by atoms with Crippen LogP contribution >= 0.6 is 0 Å². The molecule has 5 heteroatoms. The van der Waals surface area contributed by atoms with Crippen LogP contribution in [0.15, 0.2) is 24.2 Å². The summed E-state index contributed by atoms with van der Waals surface area (Å²) in [4.78, 5) is 0. The van der Waals surface area contributed by atoms with Crippen molar-refractivity contribution in [1.29, 1.82) is 0 Å². The Morgan fingerprint density at radius 1 is 1.45 bits per heavy atom. The van der Waals surface area contributed by atoms with Crippen LogP contribution in [-0.4, -0.2) is 13.3 Å². The van der Waals surface area contributed by atoms with Gasteiger partial charge in [-0.2, -0.15) is 13.2 Å². The highest BCUT2D eigenvalue weighted by Crippen LogP contribution is 2.29. The van der Waals surface area contributed by atoms with Gasteiger partial charge >= 0.3 is 6.18 Å². The maximum Gasteiger partial charge on any atom is 0.452 e. The molecule has 0 aromatic carbocycles. The minimum absolute atomic E-state index is 0.437. The van der Waals surface area contributed by atoms with E-state index < -0.39 is 17.8 Å². The highest BCUT2D eigenvalue weighted by Gasteiger charge is 2.38. The Labute approximate surface area is 61.0 Å². The molecule has 0 atom stereocenters. The van der Waals surface area contributed by atoms with E-state index in [0.717, 1.165) is 7.11 Å². The number of halogens is 4. The summed E-state index contributed by atoms with van der Waals surface area (Å²) in [6.07, 6.45) is -4.36. The molecule has 0 bridgehead atoms. The van der Waals surface area contributed by atoms with E-state index in [-0.39, 0.29) is 0 Å². The molecule has 0 rings (SSSR count). The zero-order valence-electron chi connectivity index (χ0n) is 5.70. The summed E-state index contributed by atoms with van der Waals surface area (Å²) in [6.45, 7) is 2.83. The van der Waals surface area contributed by atoms with Gasteiger partial charge in [0.2, 0.25) is 5.76 Å². The van der Waals surface area contributed by atoms with Crippen molar-refractivity contribution in [2.75, 3.05) is 7.11 Å². The fourth-order valence-corrected chi connectivity index (χ4v) is 0.441. The second-order valence-electron chi connectivity index (χ2n) is 1.58. The van der Waals surface area contributed by atoms with Crippen LogP contribution in [-0.2, 0) is 4.74 Å². The largest absolute Gasteiger partial charge is 0.490 e. The lowest BCUT2D eigenvalue weighted by Crippen LogP contribution is -2.14. The molecule has 0 N–H and O–H groups in total. The number of methoxy groups -OCH3 is 1. The quantitative estimate of drug-likeness (QED) is 0.351. The first kappa shape index (κ1) is 10.0. The van der Waals surface area contributed by atoms with Crippen molar-refractivity contribution in [3.8, 4) is 0 Å². The summed E-state index contributed by atoms with van der Waals surface area (Å²) in [5.41, 5.74) is 0. The fraction of sp³-hybridized carbons (Fsp3) is 0.333. The summed E-state index contributed by atoms with van der Waals surface area (Å²) in [5.74, 6) is -3.17. The average molecular weight is 170 g/mol. The zero-order valence-corrected chi connectivity index (χ0v) is 5.70. The molecule has 0 radical (unpaired) electrons. The number of ether oxygens (including phenoxy) is 1. The molecule has 0 fully saturated rings. The van der Waals surface area contributed by atoms with Gasteiger partial charge in [-0.25, -0.2) is 4.39 Å². The van der Waals surface area contributed by atoms with Crippen LogP contribution in [0.2, 0.25) is 0 Å². The summed E-state index contributed by atoms with van der Waals surface area (Å²) in [7, 11) is 0.742. The van der Waals surface area contributed by atoms with Crippen molar-refractivity contribution in [1.82, 2.24) is 0 Å². The van der Waals surface area contributed by atoms with Gasteiger partial charge in [0, 0.05) is 0 Å². The minimum atomic E-state index is -4.80.